The van der Waals surface area contributed by atoms with Crippen LogP contribution in [0.15, 0.2) is 12.1 Å². The molecular formula is C16H17ClN3O4-. The molecule has 0 radical (unpaired) electrons. The molecule has 128 valence electrons. The Morgan fingerprint density at radius 2 is 2.12 bits per heavy atom. The van der Waals surface area contributed by atoms with E-state index in [0.717, 1.165) is 25.9 Å². The van der Waals surface area contributed by atoms with Crippen LogP contribution >= 0.6 is 11.6 Å². The minimum absolute atomic E-state index is 0.101. The van der Waals surface area contributed by atoms with Crippen LogP contribution in [0.5, 0.6) is 5.75 Å². The Balaban J connectivity index is 1.63. The first-order chi connectivity index (χ1) is 11.5. The van der Waals surface area contributed by atoms with E-state index in [1.54, 1.807) is 0 Å². The number of hydroxylamine groups is 2. The van der Waals surface area contributed by atoms with Gasteiger partial charge in [-0.2, -0.15) is 0 Å². The SMILES string of the molecule is O=C1COc2c(cc(Cl)cc2C(=O)N([O-])C2CN3CCC2CC3)N1. The number of anilines is 1. The zero-order valence-corrected chi connectivity index (χ0v) is 13.7. The molecule has 5 rings (SSSR count). The van der Waals surface area contributed by atoms with Gasteiger partial charge in [-0.05, 0) is 44.0 Å². The lowest BCUT2D eigenvalue weighted by molar-refractivity contribution is -0.118. The summed E-state index contributed by atoms with van der Waals surface area (Å²) in [5, 5.41) is 16.2. The number of amides is 2. The van der Waals surface area contributed by atoms with Gasteiger partial charge < -0.3 is 25.2 Å². The maximum Gasteiger partial charge on any atom is 0.262 e. The third-order valence-electron chi connectivity index (χ3n) is 5.03. The molecule has 0 aromatic heterocycles. The summed E-state index contributed by atoms with van der Waals surface area (Å²) >= 11 is 6.04. The van der Waals surface area contributed by atoms with Crippen LogP contribution < -0.4 is 10.1 Å². The third-order valence-corrected chi connectivity index (χ3v) is 5.25. The smallest absolute Gasteiger partial charge is 0.262 e. The minimum atomic E-state index is -0.663. The number of nitrogens with one attached hydrogen (secondary N) is 1. The summed E-state index contributed by atoms with van der Waals surface area (Å²) in [6.45, 7) is 2.41. The molecule has 3 saturated heterocycles. The maximum absolute atomic E-state index is 12.8. The molecule has 0 saturated carbocycles. The van der Waals surface area contributed by atoms with Gasteiger partial charge in [0.05, 0.1) is 11.3 Å². The number of carbonyl (C=O) groups is 2. The molecule has 2 amide bonds. The first-order valence-corrected chi connectivity index (χ1v) is 8.40. The van der Waals surface area contributed by atoms with Gasteiger partial charge in [-0.1, -0.05) is 11.6 Å². The molecule has 4 heterocycles. The zero-order chi connectivity index (χ0) is 16.8. The second kappa shape index (κ2) is 5.91. The van der Waals surface area contributed by atoms with Gasteiger partial charge in [-0.15, -0.1) is 0 Å². The first kappa shape index (κ1) is 15.7. The molecule has 1 aromatic carbocycles. The predicted molar refractivity (Wildman–Crippen MR) is 88.1 cm³/mol. The number of benzene rings is 1. The summed E-state index contributed by atoms with van der Waals surface area (Å²) in [6, 6.07) is 2.59. The van der Waals surface area contributed by atoms with Gasteiger partial charge in [0, 0.05) is 17.6 Å². The molecule has 24 heavy (non-hydrogen) atoms. The summed E-state index contributed by atoms with van der Waals surface area (Å²) in [5.74, 6) is -0.526. The zero-order valence-electron chi connectivity index (χ0n) is 13.0. The highest BCUT2D eigenvalue weighted by molar-refractivity contribution is 6.31. The van der Waals surface area contributed by atoms with Crippen LogP contribution in [0.3, 0.4) is 0 Å². The van der Waals surface area contributed by atoms with Crippen molar-refractivity contribution in [3.63, 3.8) is 0 Å². The van der Waals surface area contributed by atoms with Crippen molar-refractivity contribution in [1.29, 1.82) is 0 Å². The molecule has 4 aliphatic rings. The van der Waals surface area contributed by atoms with Crippen molar-refractivity contribution in [2.75, 3.05) is 31.6 Å². The van der Waals surface area contributed by atoms with Crippen LogP contribution in [-0.2, 0) is 4.79 Å². The number of carbonyl (C=O) groups excluding carboxylic acids is 2. The van der Waals surface area contributed by atoms with E-state index in [1.807, 2.05) is 0 Å². The number of ether oxygens (including phenoxy) is 1. The monoisotopic (exact) mass is 350 g/mol. The number of rotatable bonds is 2. The Morgan fingerprint density at radius 3 is 2.79 bits per heavy atom. The third kappa shape index (κ3) is 2.62. The highest BCUT2D eigenvalue weighted by Crippen LogP contribution is 2.37. The lowest BCUT2D eigenvalue weighted by Gasteiger charge is -2.51. The maximum atomic E-state index is 12.8. The van der Waals surface area contributed by atoms with Gasteiger partial charge in [0.15, 0.2) is 12.4 Å². The number of piperidine rings is 3. The fourth-order valence-electron chi connectivity index (χ4n) is 3.79. The summed E-state index contributed by atoms with van der Waals surface area (Å²) in [5.41, 5.74) is 0.424. The average Bonchev–Trinajstić information content (AvgIpc) is 2.60. The standard InChI is InChI=1S/C16H17ClN3O4/c17-10-5-11(15-12(6-10)18-14(21)8-24-15)16(22)20(23)13-7-19-3-1-9(13)2-4-19/h5-6,9,13H,1-4,7-8H2,(H,18,21)/q-1. The molecule has 4 aliphatic heterocycles. The lowest BCUT2D eigenvalue weighted by Crippen LogP contribution is -2.57. The molecule has 2 bridgehead atoms. The van der Waals surface area contributed by atoms with Crippen LogP contribution in [0, 0.1) is 11.1 Å². The Hall–Kier alpha value is -1.83. The first-order valence-electron chi connectivity index (χ1n) is 8.02. The topological polar surface area (TPSA) is 84.9 Å². The van der Waals surface area contributed by atoms with Gasteiger partial charge >= 0.3 is 0 Å². The summed E-state index contributed by atoms with van der Waals surface area (Å²) in [7, 11) is 0. The highest BCUT2D eigenvalue weighted by atomic mass is 35.5. The predicted octanol–water partition coefficient (Wildman–Crippen LogP) is 1.71. The second-order valence-electron chi connectivity index (χ2n) is 6.50. The van der Waals surface area contributed by atoms with Gasteiger partial charge in [0.2, 0.25) is 5.91 Å². The van der Waals surface area contributed by atoms with E-state index in [0.29, 0.717) is 17.3 Å². The van der Waals surface area contributed by atoms with Crippen LogP contribution in [0.25, 0.3) is 0 Å². The van der Waals surface area contributed by atoms with Gasteiger partial charge in [0.1, 0.15) is 0 Å². The fourth-order valence-corrected chi connectivity index (χ4v) is 4.01. The van der Waals surface area contributed by atoms with Crippen molar-refractivity contribution in [2.45, 2.75) is 18.9 Å². The van der Waals surface area contributed by atoms with Gasteiger partial charge in [-0.25, -0.2) is 0 Å². The van der Waals surface area contributed by atoms with Gasteiger partial charge in [0.25, 0.3) is 5.91 Å². The number of hydrogen-bond donors (Lipinski definition) is 1. The highest BCUT2D eigenvalue weighted by Gasteiger charge is 2.37. The Kier molecular flexibility index (Phi) is 3.86. The molecule has 1 N–H and O–H groups in total. The molecule has 8 heteroatoms. The van der Waals surface area contributed by atoms with Crippen LogP contribution in [0.2, 0.25) is 5.02 Å². The van der Waals surface area contributed by atoms with Crippen molar-refractivity contribution in [3.8, 4) is 5.75 Å². The number of fused-ring (bicyclic) bond motifs is 4. The Morgan fingerprint density at radius 1 is 1.38 bits per heavy atom. The normalized spacial score (nSPS) is 27.9. The van der Waals surface area contributed by atoms with Crippen molar-refractivity contribution < 1.29 is 14.3 Å². The summed E-state index contributed by atoms with van der Waals surface area (Å²) in [6.07, 6.45) is 1.88. The average molecular weight is 351 g/mol. The number of nitrogens with zero attached hydrogens (tertiary/aromatic N) is 2. The van der Waals surface area contributed by atoms with Crippen LogP contribution in [0.1, 0.15) is 23.2 Å². The van der Waals surface area contributed by atoms with Crippen LogP contribution in [-0.4, -0.2) is 54.1 Å². The van der Waals surface area contributed by atoms with Crippen molar-refractivity contribution in [3.05, 3.63) is 27.9 Å². The molecule has 7 nitrogen and oxygen atoms in total. The minimum Gasteiger partial charge on any atom is -0.756 e. The fraction of sp³-hybridized carbons (Fsp3) is 0.500. The van der Waals surface area contributed by atoms with E-state index >= 15 is 0 Å². The summed E-state index contributed by atoms with van der Waals surface area (Å²) in [4.78, 5) is 26.4. The van der Waals surface area contributed by atoms with E-state index in [-0.39, 0.29) is 40.8 Å². The number of hydrogen-bond acceptors (Lipinski definition) is 5. The van der Waals surface area contributed by atoms with Crippen molar-refractivity contribution in [1.82, 2.24) is 9.96 Å². The molecule has 1 aromatic rings. The van der Waals surface area contributed by atoms with Crippen molar-refractivity contribution in [2.24, 2.45) is 5.92 Å². The van der Waals surface area contributed by atoms with E-state index < -0.39 is 5.91 Å². The van der Waals surface area contributed by atoms with E-state index in [1.165, 1.54) is 12.1 Å². The molecule has 1 atom stereocenters. The molecule has 1 unspecified atom stereocenters. The van der Waals surface area contributed by atoms with E-state index in [2.05, 4.69) is 10.2 Å². The van der Waals surface area contributed by atoms with E-state index in [4.69, 9.17) is 16.3 Å². The molecule has 0 spiro atoms. The largest absolute Gasteiger partial charge is 0.756 e. The summed E-state index contributed by atoms with van der Waals surface area (Å²) < 4.78 is 5.37. The molecular weight excluding hydrogens is 334 g/mol. The Labute approximate surface area is 144 Å². The van der Waals surface area contributed by atoms with Gasteiger partial charge in [-0.3, -0.25) is 9.59 Å². The van der Waals surface area contributed by atoms with E-state index in [9.17, 15) is 14.8 Å². The number of halogens is 1. The second-order valence-corrected chi connectivity index (χ2v) is 6.94. The van der Waals surface area contributed by atoms with Crippen molar-refractivity contribution >= 4 is 29.1 Å². The molecule has 0 aliphatic carbocycles. The Bertz CT molecular complexity index is 703. The lowest BCUT2D eigenvalue weighted by atomic mass is 9.83. The van der Waals surface area contributed by atoms with Crippen LogP contribution in [0.4, 0.5) is 5.69 Å². The molecule has 3 fully saturated rings. The quantitative estimate of drug-likeness (QED) is 0.821.